The second-order valence-electron chi connectivity index (χ2n) is 4.21. The van der Waals surface area contributed by atoms with E-state index in [0.717, 1.165) is 23.3 Å². The number of nitrogens with zero attached hydrogens (tertiary/aromatic N) is 1. The summed E-state index contributed by atoms with van der Waals surface area (Å²) in [4.78, 5) is 4.15. The van der Waals surface area contributed by atoms with Gasteiger partial charge >= 0.3 is 0 Å². The zero-order valence-electron chi connectivity index (χ0n) is 11.3. The van der Waals surface area contributed by atoms with E-state index in [1.807, 2.05) is 44.3 Å². The third-order valence-corrected chi connectivity index (χ3v) is 2.60. The summed E-state index contributed by atoms with van der Waals surface area (Å²) in [6.07, 6.45) is 4.67. The molecule has 0 saturated heterocycles. The van der Waals surface area contributed by atoms with Gasteiger partial charge in [-0.1, -0.05) is 24.6 Å². The van der Waals surface area contributed by atoms with E-state index in [9.17, 15) is 5.11 Å². The SMILES string of the molecule is CCC=N/C=C(\C)CC(O)c1ccc(OC)cc1. The van der Waals surface area contributed by atoms with Crippen molar-refractivity contribution in [3.8, 4) is 5.75 Å². The van der Waals surface area contributed by atoms with Gasteiger partial charge in [0.25, 0.3) is 0 Å². The van der Waals surface area contributed by atoms with Crippen LogP contribution in [-0.2, 0) is 0 Å². The van der Waals surface area contributed by atoms with E-state index in [-0.39, 0.29) is 0 Å². The molecule has 0 aliphatic carbocycles. The second-order valence-corrected chi connectivity index (χ2v) is 4.21. The fourth-order valence-corrected chi connectivity index (χ4v) is 1.59. The van der Waals surface area contributed by atoms with Gasteiger partial charge in [-0.2, -0.15) is 0 Å². The zero-order valence-corrected chi connectivity index (χ0v) is 11.3. The van der Waals surface area contributed by atoms with Crippen molar-refractivity contribution in [3.05, 3.63) is 41.6 Å². The number of methoxy groups -OCH3 is 1. The van der Waals surface area contributed by atoms with Gasteiger partial charge in [0.1, 0.15) is 5.75 Å². The molecule has 98 valence electrons. The van der Waals surface area contributed by atoms with Crippen LogP contribution in [0.25, 0.3) is 0 Å². The van der Waals surface area contributed by atoms with Crippen molar-refractivity contribution in [1.29, 1.82) is 0 Å². The molecule has 0 radical (unpaired) electrons. The Balaban J connectivity index is 2.61. The maximum Gasteiger partial charge on any atom is 0.118 e. The third-order valence-electron chi connectivity index (χ3n) is 2.60. The first-order chi connectivity index (χ1) is 8.67. The molecule has 0 aliphatic heterocycles. The molecule has 0 heterocycles. The van der Waals surface area contributed by atoms with Gasteiger partial charge in [0.05, 0.1) is 13.2 Å². The molecular formula is C15H21NO2. The van der Waals surface area contributed by atoms with Gasteiger partial charge in [0, 0.05) is 12.4 Å². The average molecular weight is 247 g/mol. The smallest absolute Gasteiger partial charge is 0.118 e. The predicted octanol–water partition coefficient (Wildman–Crippen LogP) is 3.50. The highest BCUT2D eigenvalue weighted by Crippen LogP contribution is 2.22. The molecule has 0 aliphatic rings. The Labute approximate surface area is 109 Å². The summed E-state index contributed by atoms with van der Waals surface area (Å²) >= 11 is 0. The molecule has 1 unspecified atom stereocenters. The van der Waals surface area contributed by atoms with Crippen molar-refractivity contribution in [2.45, 2.75) is 32.8 Å². The van der Waals surface area contributed by atoms with Gasteiger partial charge in [-0.25, -0.2) is 0 Å². The van der Waals surface area contributed by atoms with Crippen LogP contribution in [0.5, 0.6) is 5.75 Å². The van der Waals surface area contributed by atoms with Crippen molar-refractivity contribution in [2.24, 2.45) is 4.99 Å². The van der Waals surface area contributed by atoms with Gasteiger partial charge < -0.3 is 9.84 Å². The highest BCUT2D eigenvalue weighted by atomic mass is 16.5. The van der Waals surface area contributed by atoms with E-state index < -0.39 is 6.10 Å². The van der Waals surface area contributed by atoms with Gasteiger partial charge in [-0.05, 0) is 37.5 Å². The van der Waals surface area contributed by atoms with Crippen LogP contribution in [-0.4, -0.2) is 18.4 Å². The second kappa shape index (κ2) is 7.67. The fourth-order valence-electron chi connectivity index (χ4n) is 1.59. The van der Waals surface area contributed by atoms with Crippen molar-refractivity contribution in [2.75, 3.05) is 7.11 Å². The van der Waals surface area contributed by atoms with Crippen molar-refractivity contribution in [3.63, 3.8) is 0 Å². The minimum Gasteiger partial charge on any atom is -0.497 e. The molecule has 0 spiro atoms. The molecule has 1 atom stereocenters. The number of rotatable bonds is 6. The monoisotopic (exact) mass is 247 g/mol. The number of aliphatic hydroxyl groups is 1. The van der Waals surface area contributed by atoms with Crippen LogP contribution in [0.2, 0.25) is 0 Å². The van der Waals surface area contributed by atoms with Crippen LogP contribution in [0.4, 0.5) is 0 Å². The maximum atomic E-state index is 10.1. The average Bonchev–Trinajstić information content (AvgIpc) is 2.39. The number of aliphatic hydroxyl groups excluding tert-OH is 1. The van der Waals surface area contributed by atoms with E-state index in [4.69, 9.17) is 4.74 Å². The molecular weight excluding hydrogens is 226 g/mol. The summed E-state index contributed by atoms with van der Waals surface area (Å²) in [5.74, 6) is 0.797. The minimum absolute atomic E-state index is 0.496. The lowest BCUT2D eigenvalue weighted by atomic mass is 10.0. The van der Waals surface area contributed by atoms with Gasteiger partial charge in [-0.15, -0.1) is 0 Å². The number of benzene rings is 1. The van der Waals surface area contributed by atoms with Crippen LogP contribution < -0.4 is 4.74 Å². The zero-order chi connectivity index (χ0) is 13.4. The molecule has 0 aromatic heterocycles. The van der Waals surface area contributed by atoms with E-state index in [2.05, 4.69) is 4.99 Å². The van der Waals surface area contributed by atoms with Crippen LogP contribution in [0.3, 0.4) is 0 Å². The van der Waals surface area contributed by atoms with Crippen LogP contribution in [0, 0.1) is 0 Å². The lowest BCUT2D eigenvalue weighted by Crippen LogP contribution is -1.98. The predicted molar refractivity (Wildman–Crippen MR) is 75.1 cm³/mol. The van der Waals surface area contributed by atoms with E-state index in [1.165, 1.54) is 0 Å². The highest BCUT2D eigenvalue weighted by Gasteiger charge is 2.08. The summed E-state index contributed by atoms with van der Waals surface area (Å²) in [5.41, 5.74) is 1.95. The number of hydrogen-bond donors (Lipinski definition) is 1. The Kier molecular flexibility index (Phi) is 6.15. The van der Waals surface area contributed by atoms with E-state index in [0.29, 0.717) is 6.42 Å². The first-order valence-corrected chi connectivity index (χ1v) is 6.16. The summed E-state index contributed by atoms with van der Waals surface area (Å²) in [6, 6.07) is 7.47. The molecule has 0 saturated carbocycles. The summed E-state index contributed by atoms with van der Waals surface area (Å²) in [7, 11) is 1.63. The van der Waals surface area contributed by atoms with Gasteiger partial charge in [0.15, 0.2) is 0 Å². The summed E-state index contributed by atoms with van der Waals surface area (Å²) < 4.78 is 5.08. The summed E-state index contributed by atoms with van der Waals surface area (Å²) in [5, 5.41) is 10.1. The van der Waals surface area contributed by atoms with Crippen molar-refractivity contribution in [1.82, 2.24) is 0 Å². The van der Waals surface area contributed by atoms with E-state index in [1.54, 1.807) is 13.3 Å². The molecule has 1 N–H and O–H groups in total. The first-order valence-electron chi connectivity index (χ1n) is 6.16. The molecule has 18 heavy (non-hydrogen) atoms. The maximum absolute atomic E-state index is 10.1. The number of hydrogen-bond acceptors (Lipinski definition) is 3. The van der Waals surface area contributed by atoms with Crippen LogP contribution in [0.15, 0.2) is 41.0 Å². The Morgan fingerprint density at radius 3 is 2.61 bits per heavy atom. The lowest BCUT2D eigenvalue weighted by Gasteiger charge is -2.11. The molecule has 1 aromatic carbocycles. The third kappa shape index (κ3) is 4.72. The van der Waals surface area contributed by atoms with E-state index >= 15 is 0 Å². The Hall–Kier alpha value is -1.61. The molecule has 0 bridgehead atoms. The Morgan fingerprint density at radius 1 is 1.39 bits per heavy atom. The fraction of sp³-hybridized carbons (Fsp3) is 0.400. The standard InChI is InChI=1S/C15H21NO2/c1-4-9-16-11-12(2)10-15(17)13-5-7-14(18-3)8-6-13/h5-9,11,15,17H,4,10H2,1-3H3/b12-11+,16-9?. The highest BCUT2D eigenvalue weighted by molar-refractivity contribution is 5.57. The van der Waals surface area contributed by atoms with Crippen molar-refractivity contribution >= 4 is 6.21 Å². The molecule has 1 rings (SSSR count). The Bertz CT molecular complexity index is 407. The molecule has 0 amide bonds. The largest absolute Gasteiger partial charge is 0.497 e. The normalized spacial score (nSPS) is 13.9. The van der Waals surface area contributed by atoms with Crippen LogP contribution in [0.1, 0.15) is 38.4 Å². The molecule has 0 fully saturated rings. The lowest BCUT2D eigenvalue weighted by molar-refractivity contribution is 0.178. The van der Waals surface area contributed by atoms with Gasteiger partial charge in [-0.3, -0.25) is 4.99 Å². The summed E-state index contributed by atoms with van der Waals surface area (Å²) in [6.45, 7) is 4.01. The van der Waals surface area contributed by atoms with Crippen LogP contribution >= 0.6 is 0 Å². The number of aliphatic imine (C=N–C) groups is 1. The Morgan fingerprint density at radius 2 is 2.06 bits per heavy atom. The quantitative estimate of drug-likeness (QED) is 0.782. The first kappa shape index (κ1) is 14.5. The minimum atomic E-state index is -0.496. The molecule has 1 aromatic rings. The topological polar surface area (TPSA) is 41.8 Å². The molecule has 3 nitrogen and oxygen atoms in total. The molecule has 3 heteroatoms. The van der Waals surface area contributed by atoms with Crippen molar-refractivity contribution < 1.29 is 9.84 Å². The number of ether oxygens (including phenoxy) is 1. The van der Waals surface area contributed by atoms with Gasteiger partial charge in [0.2, 0.25) is 0 Å².